The SMILES string of the molecule is CNc1c(COCCC2CC2)cccc1[N+](=O)[O-]. The Balaban J connectivity index is 1.96. The highest BCUT2D eigenvalue weighted by atomic mass is 16.6. The fraction of sp³-hybridized carbons (Fsp3) is 0.538. The number of nitrogens with zero attached hydrogens (tertiary/aromatic N) is 1. The monoisotopic (exact) mass is 250 g/mol. The number of nitro benzene ring substituents is 1. The van der Waals surface area contributed by atoms with Crippen molar-refractivity contribution in [3.8, 4) is 0 Å². The molecule has 1 aromatic carbocycles. The summed E-state index contributed by atoms with van der Waals surface area (Å²) in [5.74, 6) is 0.846. The summed E-state index contributed by atoms with van der Waals surface area (Å²) in [5.41, 5.74) is 1.48. The van der Waals surface area contributed by atoms with Crippen molar-refractivity contribution in [3.63, 3.8) is 0 Å². The largest absolute Gasteiger partial charge is 0.382 e. The third kappa shape index (κ3) is 3.20. The van der Waals surface area contributed by atoms with Gasteiger partial charge in [-0.25, -0.2) is 0 Å². The summed E-state index contributed by atoms with van der Waals surface area (Å²) in [6.07, 6.45) is 3.74. The first-order valence-corrected chi connectivity index (χ1v) is 6.24. The molecule has 0 atom stereocenters. The summed E-state index contributed by atoms with van der Waals surface area (Å²) in [6.45, 7) is 1.15. The fourth-order valence-corrected chi connectivity index (χ4v) is 1.99. The van der Waals surface area contributed by atoms with Crippen LogP contribution in [0.2, 0.25) is 0 Å². The minimum Gasteiger partial charge on any atom is -0.382 e. The smallest absolute Gasteiger partial charge is 0.292 e. The third-order valence-electron chi connectivity index (χ3n) is 3.20. The Labute approximate surface area is 106 Å². The number of hydrogen-bond acceptors (Lipinski definition) is 4. The molecule has 1 fully saturated rings. The van der Waals surface area contributed by atoms with Crippen LogP contribution in [-0.4, -0.2) is 18.6 Å². The van der Waals surface area contributed by atoms with E-state index in [1.54, 1.807) is 13.1 Å². The molecule has 0 amide bonds. The molecule has 0 radical (unpaired) electrons. The summed E-state index contributed by atoms with van der Waals surface area (Å²) in [7, 11) is 1.69. The van der Waals surface area contributed by atoms with E-state index in [-0.39, 0.29) is 10.6 Å². The van der Waals surface area contributed by atoms with Gasteiger partial charge in [0, 0.05) is 25.3 Å². The average molecular weight is 250 g/mol. The number of ether oxygens (including phenoxy) is 1. The molecule has 1 aliphatic carbocycles. The first-order valence-electron chi connectivity index (χ1n) is 6.24. The van der Waals surface area contributed by atoms with Crippen LogP contribution in [0.15, 0.2) is 18.2 Å². The van der Waals surface area contributed by atoms with E-state index in [1.807, 2.05) is 6.07 Å². The number of nitro groups is 1. The molecule has 0 saturated heterocycles. The van der Waals surface area contributed by atoms with Gasteiger partial charge in [-0.15, -0.1) is 0 Å². The lowest BCUT2D eigenvalue weighted by molar-refractivity contribution is -0.384. The standard InChI is InChI=1S/C13H18N2O3/c1-14-13-11(3-2-4-12(13)15(16)17)9-18-8-7-10-5-6-10/h2-4,10,14H,5-9H2,1H3. The Bertz CT molecular complexity index is 430. The Morgan fingerprint density at radius 1 is 1.50 bits per heavy atom. The molecule has 0 spiro atoms. The molecule has 5 heteroatoms. The summed E-state index contributed by atoms with van der Waals surface area (Å²) in [5, 5.41) is 13.8. The Kier molecular flexibility index (Phi) is 4.15. The van der Waals surface area contributed by atoms with Gasteiger partial charge >= 0.3 is 0 Å². The maximum absolute atomic E-state index is 10.9. The Morgan fingerprint density at radius 2 is 2.28 bits per heavy atom. The summed E-state index contributed by atoms with van der Waals surface area (Å²) in [4.78, 5) is 10.5. The van der Waals surface area contributed by atoms with Gasteiger partial charge in [-0.3, -0.25) is 10.1 Å². The van der Waals surface area contributed by atoms with E-state index in [9.17, 15) is 10.1 Å². The van der Waals surface area contributed by atoms with Crippen LogP contribution in [0.1, 0.15) is 24.8 Å². The predicted molar refractivity (Wildman–Crippen MR) is 69.6 cm³/mol. The molecular weight excluding hydrogens is 232 g/mol. The van der Waals surface area contributed by atoms with E-state index in [2.05, 4.69) is 5.32 Å². The number of anilines is 1. The summed E-state index contributed by atoms with van der Waals surface area (Å²) in [6, 6.07) is 5.05. The van der Waals surface area contributed by atoms with E-state index in [0.29, 0.717) is 12.3 Å². The zero-order valence-corrected chi connectivity index (χ0v) is 10.5. The van der Waals surface area contributed by atoms with Gasteiger partial charge in [0.1, 0.15) is 5.69 Å². The third-order valence-corrected chi connectivity index (χ3v) is 3.20. The molecule has 1 aromatic rings. The lowest BCUT2D eigenvalue weighted by Crippen LogP contribution is -2.03. The molecule has 0 aliphatic heterocycles. The fourth-order valence-electron chi connectivity index (χ4n) is 1.99. The number of nitrogens with one attached hydrogen (secondary N) is 1. The van der Waals surface area contributed by atoms with Crippen LogP contribution < -0.4 is 5.32 Å². The molecule has 1 aliphatic rings. The van der Waals surface area contributed by atoms with Gasteiger partial charge in [-0.2, -0.15) is 0 Å². The van der Waals surface area contributed by atoms with Crippen molar-refractivity contribution in [2.24, 2.45) is 5.92 Å². The molecule has 2 rings (SSSR count). The van der Waals surface area contributed by atoms with Gasteiger partial charge < -0.3 is 10.1 Å². The zero-order chi connectivity index (χ0) is 13.0. The number of hydrogen-bond donors (Lipinski definition) is 1. The molecule has 1 N–H and O–H groups in total. The van der Waals surface area contributed by atoms with Crippen molar-refractivity contribution in [1.82, 2.24) is 0 Å². The Morgan fingerprint density at radius 3 is 2.89 bits per heavy atom. The van der Waals surface area contributed by atoms with E-state index < -0.39 is 0 Å². The highest BCUT2D eigenvalue weighted by Gasteiger charge is 2.21. The van der Waals surface area contributed by atoms with Crippen molar-refractivity contribution < 1.29 is 9.66 Å². The average Bonchev–Trinajstić information content (AvgIpc) is 3.18. The topological polar surface area (TPSA) is 64.4 Å². The quantitative estimate of drug-likeness (QED) is 0.459. The normalized spacial score (nSPS) is 14.5. The molecule has 18 heavy (non-hydrogen) atoms. The van der Waals surface area contributed by atoms with Crippen LogP contribution >= 0.6 is 0 Å². The van der Waals surface area contributed by atoms with Crippen LogP contribution in [-0.2, 0) is 11.3 Å². The summed E-state index contributed by atoms with van der Waals surface area (Å²) < 4.78 is 5.59. The molecule has 98 valence electrons. The highest BCUT2D eigenvalue weighted by Crippen LogP contribution is 2.32. The predicted octanol–water partition coefficient (Wildman–Crippen LogP) is 2.95. The van der Waals surface area contributed by atoms with Crippen LogP contribution in [0.25, 0.3) is 0 Å². The summed E-state index contributed by atoms with van der Waals surface area (Å²) >= 11 is 0. The van der Waals surface area contributed by atoms with Crippen molar-refractivity contribution in [3.05, 3.63) is 33.9 Å². The van der Waals surface area contributed by atoms with Crippen molar-refractivity contribution >= 4 is 11.4 Å². The molecule has 0 aromatic heterocycles. The molecular formula is C13H18N2O3. The van der Waals surface area contributed by atoms with E-state index in [0.717, 1.165) is 24.5 Å². The number of rotatable bonds is 7. The van der Waals surface area contributed by atoms with Crippen LogP contribution in [0.4, 0.5) is 11.4 Å². The molecule has 1 saturated carbocycles. The van der Waals surface area contributed by atoms with Crippen molar-refractivity contribution in [1.29, 1.82) is 0 Å². The minimum absolute atomic E-state index is 0.0980. The minimum atomic E-state index is -0.375. The van der Waals surface area contributed by atoms with Crippen LogP contribution in [0.3, 0.4) is 0 Å². The lowest BCUT2D eigenvalue weighted by Gasteiger charge is -2.10. The second-order valence-corrected chi connectivity index (χ2v) is 4.60. The van der Waals surface area contributed by atoms with Gasteiger partial charge in [0.15, 0.2) is 0 Å². The zero-order valence-electron chi connectivity index (χ0n) is 10.5. The first kappa shape index (κ1) is 12.8. The second kappa shape index (κ2) is 5.82. The first-order chi connectivity index (χ1) is 8.72. The maximum atomic E-state index is 10.9. The van der Waals surface area contributed by atoms with Gasteiger partial charge in [0.2, 0.25) is 0 Å². The maximum Gasteiger partial charge on any atom is 0.292 e. The van der Waals surface area contributed by atoms with E-state index >= 15 is 0 Å². The molecule has 0 bridgehead atoms. The second-order valence-electron chi connectivity index (χ2n) is 4.60. The van der Waals surface area contributed by atoms with Crippen molar-refractivity contribution in [2.75, 3.05) is 19.0 Å². The Hall–Kier alpha value is -1.62. The number of para-hydroxylation sites is 1. The van der Waals surface area contributed by atoms with Crippen LogP contribution in [0.5, 0.6) is 0 Å². The van der Waals surface area contributed by atoms with Gasteiger partial charge in [0.25, 0.3) is 5.69 Å². The lowest BCUT2D eigenvalue weighted by atomic mass is 10.1. The highest BCUT2D eigenvalue weighted by molar-refractivity contribution is 5.65. The van der Waals surface area contributed by atoms with Crippen molar-refractivity contribution in [2.45, 2.75) is 25.9 Å². The van der Waals surface area contributed by atoms with Gasteiger partial charge in [-0.1, -0.05) is 25.0 Å². The molecule has 0 heterocycles. The molecule has 5 nitrogen and oxygen atoms in total. The van der Waals surface area contributed by atoms with E-state index in [1.165, 1.54) is 18.9 Å². The van der Waals surface area contributed by atoms with Crippen LogP contribution in [0, 0.1) is 16.0 Å². The van der Waals surface area contributed by atoms with E-state index in [4.69, 9.17) is 4.74 Å². The molecule has 0 unspecified atom stereocenters. The van der Waals surface area contributed by atoms with Gasteiger partial charge in [-0.05, 0) is 12.3 Å². The van der Waals surface area contributed by atoms with Gasteiger partial charge in [0.05, 0.1) is 11.5 Å². The number of benzene rings is 1.